The first-order chi connectivity index (χ1) is 6.27. The smallest absolute Gasteiger partial charge is 0.275 e. The second-order valence-corrected chi connectivity index (χ2v) is 3.33. The van der Waals surface area contributed by atoms with Crippen molar-refractivity contribution in [2.24, 2.45) is 0 Å². The molecule has 70 valence electrons. The van der Waals surface area contributed by atoms with Crippen LogP contribution in [-0.2, 0) is 0 Å². The minimum atomic E-state index is 0.253. The zero-order valence-corrected chi connectivity index (χ0v) is 7.44. The summed E-state index contributed by atoms with van der Waals surface area (Å²) in [5.41, 5.74) is 6.39. The number of aromatic nitrogens is 1. The van der Waals surface area contributed by atoms with Gasteiger partial charge in [0.05, 0.1) is 5.69 Å². The van der Waals surface area contributed by atoms with E-state index in [1.807, 2.05) is 6.07 Å². The number of hydrogen-bond donors (Lipinski definition) is 1. The van der Waals surface area contributed by atoms with E-state index >= 15 is 0 Å². The summed E-state index contributed by atoms with van der Waals surface area (Å²) >= 11 is 0. The summed E-state index contributed by atoms with van der Waals surface area (Å²) in [6, 6.07) is 3.55. The van der Waals surface area contributed by atoms with Gasteiger partial charge >= 0.3 is 0 Å². The molecule has 13 heavy (non-hydrogen) atoms. The van der Waals surface area contributed by atoms with Gasteiger partial charge in [0.1, 0.15) is 6.20 Å². The molecule has 0 atom stereocenters. The summed E-state index contributed by atoms with van der Waals surface area (Å²) in [5.74, 6) is 0.253. The van der Waals surface area contributed by atoms with E-state index < -0.39 is 0 Å². The van der Waals surface area contributed by atoms with Crippen molar-refractivity contribution in [2.75, 3.05) is 23.7 Å². The molecule has 0 aromatic carbocycles. The maximum atomic E-state index is 11.2. The van der Waals surface area contributed by atoms with E-state index in [0.717, 1.165) is 18.8 Å². The van der Waals surface area contributed by atoms with E-state index in [0.29, 0.717) is 4.73 Å². The van der Waals surface area contributed by atoms with Gasteiger partial charge in [0, 0.05) is 19.2 Å². The average Bonchev–Trinajstić information content (AvgIpc) is 2.62. The Morgan fingerprint density at radius 3 is 2.62 bits per heavy atom. The van der Waals surface area contributed by atoms with E-state index in [4.69, 9.17) is 5.73 Å². The van der Waals surface area contributed by atoms with Crippen LogP contribution in [0, 0.1) is 5.21 Å². The van der Waals surface area contributed by atoms with Gasteiger partial charge in [0.2, 0.25) is 0 Å². The van der Waals surface area contributed by atoms with Crippen molar-refractivity contribution in [3.8, 4) is 0 Å². The van der Waals surface area contributed by atoms with Crippen LogP contribution in [0.1, 0.15) is 12.8 Å². The lowest BCUT2D eigenvalue weighted by Crippen LogP contribution is -2.32. The Morgan fingerprint density at radius 1 is 1.31 bits per heavy atom. The molecule has 0 spiro atoms. The minimum absolute atomic E-state index is 0.253. The van der Waals surface area contributed by atoms with Gasteiger partial charge in [-0.1, -0.05) is 0 Å². The third-order valence-corrected chi connectivity index (χ3v) is 2.40. The lowest BCUT2D eigenvalue weighted by Gasteiger charge is -2.17. The molecule has 0 unspecified atom stereocenters. The molecule has 2 rings (SSSR count). The van der Waals surface area contributed by atoms with Crippen LogP contribution in [0.15, 0.2) is 18.3 Å². The van der Waals surface area contributed by atoms with Crippen LogP contribution >= 0.6 is 0 Å². The SMILES string of the molecule is Nc1ccc(N2CCCC2)c[n+]1[O-]. The predicted molar refractivity (Wildman–Crippen MR) is 51.3 cm³/mol. The quantitative estimate of drug-likeness (QED) is 0.504. The number of pyridine rings is 1. The first kappa shape index (κ1) is 8.16. The molecule has 4 nitrogen and oxygen atoms in total. The maximum absolute atomic E-state index is 11.2. The predicted octanol–water partition coefficient (Wildman–Crippen LogP) is 0.502. The Kier molecular flexibility index (Phi) is 1.96. The summed E-state index contributed by atoms with van der Waals surface area (Å²) < 4.78 is 0.716. The number of hydrogen-bond acceptors (Lipinski definition) is 3. The lowest BCUT2D eigenvalue weighted by atomic mass is 10.3. The van der Waals surface area contributed by atoms with E-state index in [-0.39, 0.29) is 5.82 Å². The number of nitrogen functional groups attached to an aromatic ring is 1. The molecule has 0 saturated carbocycles. The molecule has 0 amide bonds. The molecule has 2 N–H and O–H groups in total. The first-order valence-corrected chi connectivity index (χ1v) is 4.51. The van der Waals surface area contributed by atoms with Gasteiger partial charge in [-0.2, -0.15) is 0 Å². The average molecular weight is 179 g/mol. The largest absolute Gasteiger partial charge is 0.711 e. The Labute approximate surface area is 77.2 Å². The molecule has 1 aliphatic rings. The van der Waals surface area contributed by atoms with Gasteiger partial charge in [-0.25, -0.2) is 4.73 Å². The fourth-order valence-corrected chi connectivity index (χ4v) is 1.64. The molecule has 4 heteroatoms. The monoisotopic (exact) mass is 179 g/mol. The van der Waals surface area contributed by atoms with Crippen molar-refractivity contribution in [1.82, 2.24) is 0 Å². The Bertz CT molecular complexity index is 308. The Balaban J connectivity index is 2.25. The van der Waals surface area contributed by atoms with Crippen LogP contribution in [0.3, 0.4) is 0 Å². The minimum Gasteiger partial charge on any atom is -0.711 e. The third kappa shape index (κ3) is 1.52. The molecule has 1 aromatic rings. The zero-order valence-electron chi connectivity index (χ0n) is 7.44. The summed E-state index contributed by atoms with van der Waals surface area (Å²) in [6.07, 6.45) is 3.97. The van der Waals surface area contributed by atoms with Crippen LogP contribution in [0.25, 0.3) is 0 Å². The molecule has 1 fully saturated rings. The van der Waals surface area contributed by atoms with Crippen molar-refractivity contribution in [3.63, 3.8) is 0 Å². The van der Waals surface area contributed by atoms with Crippen LogP contribution in [0.5, 0.6) is 0 Å². The van der Waals surface area contributed by atoms with Gasteiger partial charge in [0.25, 0.3) is 5.82 Å². The highest BCUT2D eigenvalue weighted by Crippen LogP contribution is 2.18. The van der Waals surface area contributed by atoms with Crippen LogP contribution in [0.2, 0.25) is 0 Å². The van der Waals surface area contributed by atoms with Crippen molar-refractivity contribution in [2.45, 2.75) is 12.8 Å². The van der Waals surface area contributed by atoms with Crippen LogP contribution < -0.4 is 15.4 Å². The van der Waals surface area contributed by atoms with Crippen molar-refractivity contribution >= 4 is 11.5 Å². The molecular formula is C9H13N3O. The zero-order chi connectivity index (χ0) is 9.26. The standard InChI is InChI=1S/C9H13N3O/c10-9-4-3-8(7-12(9)13)11-5-1-2-6-11/h3-4,7H,1-2,5-6,10H2. The van der Waals surface area contributed by atoms with E-state index in [1.54, 1.807) is 12.3 Å². The topological polar surface area (TPSA) is 56.2 Å². The molecule has 0 bridgehead atoms. The van der Waals surface area contributed by atoms with E-state index in [1.165, 1.54) is 12.8 Å². The summed E-state index contributed by atoms with van der Waals surface area (Å²) in [7, 11) is 0. The highest BCUT2D eigenvalue weighted by molar-refractivity contribution is 5.45. The van der Waals surface area contributed by atoms with Crippen molar-refractivity contribution in [3.05, 3.63) is 23.5 Å². The molecule has 0 radical (unpaired) electrons. The molecular weight excluding hydrogens is 166 g/mol. The third-order valence-electron chi connectivity index (χ3n) is 2.40. The summed E-state index contributed by atoms with van der Waals surface area (Å²) in [4.78, 5) is 2.20. The van der Waals surface area contributed by atoms with E-state index in [2.05, 4.69) is 4.90 Å². The number of rotatable bonds is 1. The van der Waals surface area contributed by atoms with Gasteiger partial charge in [-0.05, 0) is 18.9 Å². The first-order valence-electron chi connectivity index (χ1n) is 4.51. The molecule has 2 heterocycles. The van der Waals surface area contributed by atoms with Crippen LogP contribution in [-0.4, -0.2) is 13.1 Å². The van der Waals surface area contributed by atoms with Gasteiger partial charge in [-0.15, -0.1) is 0 Å². The molecule has 1 aromatic heterocycles. The number of nitrogens with zero attached hydrogens (tertiary/aromatic N) is 2. The second-order valence-electron chi connectivity index (χ2n) is 3.33. The van der Waals surface area contributed by atoms with Gasteiger partial charge < -0.3 is 10.1 Å². The fourth-order valence-electron chi connectivity index (χ4n) is 1.64. The van der Waals surface area contributed by atoms with Gasteiger partial charge in [0.15, 0.2) is 0 Å². The molecule has 1 aliphatic heterocycles. The van der Waals surface area contributed by atoms with E-state index in [9.17, 15) is 5.21 Å². The van der Waals surface area contributed by atoms with Crippen molar-refractivity contribution in [1.29, 1.82) is 0 Å². The Morgan fingerprint density at radius 2 is 2.00 bits per heavy atom. The second kappa shape index (κ2) is 3.12. The fraction of sp³-hybridized carbons (Fsp3) is 0.444. The summed E-state index contributed by atoms with van der Waals surface area (Å²) in [6.45, 7) is 2.09. The Hall–Kier alpha value is -1.45. The lowest BCUT2D eigenvalue weighted by molar-refractivity contribution is -0.589. The highest BCUT2D eigenvalue weighted by Gasteiger charge is 2.13. The normalized spacial score (nSPS) is 16.5. The number of nitrogens with two attached hydrogens (primary N) is 1. The maximum Gasteiger partial charge on any atom is 0.275 e. The molecule has 1 saturated heterocycles. The number of anilines is 2. The molecule has 0 aliphatic carbocycles. The summed E-state index contributed by atoms with van der Waals surface area (Å²) in [5, 5.41) is 11.2. The highest BCUT2D eigenvalue weighted by atomic mass is 16.5. The van der Waals surface area contributed by atoms with Gasteiger partial charge in [-0.3, -0.25) is 5.73 Å². The van der Waals surface area contributed by atoms with Crippen LogP contribution in [0.4, 0.5) is 11.5 Å². The van der Waals surface area contributed by atoms with Crippen molar-refractivity contribution < 1.29 is 4.73 Å².